The minimum Gasteiger partial charge on any atom is -0.379 e. The van der Waals surface area contributed by atoms with Crippen molar-refractivity contribution in [3.63, 3.8) is 0 Å². The Morgan fingerprint density at radius 3 is 2.00 bits per heavy atom. The third-order valence-corrected chi connectivity index (χ3v) is 1.58. The zero-order valence-electron chi connectivity index (χ0n) is 9.31. The molecule has 0 unspecified atom stereocenters. The van der Waals surface area contributed by atoms with E-state index in [1.165, 1.54) is 0 Å². The lowest BCUT2D eigenvalue weighted by molar-refractivity contribution is -0.119. The molecule has 0 heterocycles. The first kappa shape index (κ1) is 14.9. The molecular formula is C9H19N3O4. The summed E-state index contributed by atoms with van der Waals surface area (Å²) in [5.74, 6) is -0.367. The molecule has 1 amide bonds. The Morgan fingerprint density at radius 2 is 1.50 bits per heavy atom. The number of nitrogens with zero attached hydrogens (tertiary/aromatic N) is 1. The average Bonchev–Trinajstić information content (AvgIpc) is 2.25. The van der Waals surface area contributed by atoms with Crippen molar-refractivity contribution in [3.8, 4) is 0 Å². The predicted molar refractivity (Wildman–Crippen MR) is 56.3 cm³/mol. The van der Waals surface area contributed by atoms with Crippen LogP contribution in [0.25, 0.3) is 0 Å². The second kappa shape index (κ2) is 12.0. The molecule has 0 saturated heterocycles. The monoisotopic (exact) mass is 233 g/mol. The summed E-state index contributed by atoms with van der Waals surface area (Å²) in [5, 5.41) is 3.14. The van der Waals surface area contributed by atoms with Crippen LogP contribution in [0.5, 0.6) is 0 Å². The van der Waals surface area contributed by atoms with Gasteiger partial charge in [-0.05, 0) is 0 Å². The molecule has 7 heteroatoms. The van der Waals surface area contributed by atoms with E-state index in [4.69, 9.17) is 25.5 Å². The van der Waals surface area contributed by atoms with Gasteiger partial charge in [-0.2, -0.15) is 5.11 Å². The fraction of sp³-hybridized carbons (Fsp3) is 0.889. The van der Waals surface area contributed by atoms with E-state index in [1.807, 2.05) is 0 Å². The Bertz CT molecular complexity index is 190. The SMILES string of the molecule is N=NCCOCCOCCOCCC(N)=O. The first-order valence-corrected chi connectivity index (χ1v) is 5.12. The van der Waals surface area contributed by atoms with Crippen LogP contribution in [-0.4, -0.2) is 52.1 Å². The van der Waals surface area contributed by atoms with Crippen molar-refractivity contribution in [1.82, 2.24) is 0 Å². The van der Waals surface area contributed by atoms with Crippen LogP contribution >= 0.6 is 0 Å². The van der Waals surface area contributed by atoms with Crippen LogP contribution in [0.3, 0.4) is 0 Å². The van der Waals surface area contributed by atoms with Crippen molar-refractivity contribution in [2.24, 2.45) is 10.8 Å². The van der Waals surface area contributed by atoms with E-state index < -0.39 is 0 Å². The van der Waals surface area contributed by atoms with Gasteiger partial charge in [0.2, 0.25) is 5.91 Å². The van der Waals surface area contributed by atoms with Gasteiger partial charge in [0.15, 0.2) is 0 Å². The van der Waals surface area contributed by atoms with E-state index in [1.54, 1.807) is 0 Å². The molecule has 0 aliphatic rings. The number of hydrogen-bond acceptors (Lipinski definition) is 6. The number of nitrogens with two attached hydrogens (primary N) is 1. The van der Waals surface area contributed by atoms with E-state index >= 15 is 0 Å². The Hall–Kier alpha value is -1.05. The highest BCUT2D eigenvalue weighted by Crippen LogP contribution is 1.84. The van der Waals surface area contributed by atoms with Crippen LogP contribution in [-0.2, 0) is 19.0 Å². The number of nitrogens with one attached hydrogen (secondary N) is 1. The summed E-state index contributed by atoms with van der Waals surface area (Å²) in [6.07, 6.45) is 0.236. The van der Waals surface area contributed by atoms with E-state index in [9.17, 15) is 4.79 Å². The number of hydrogen-bond donors (Lipinski definition) is 2. The molecule has 0 spiro atoms. The number of rotatable bonds is 12. The third kappa shape index (κ3) is 12.9. The number of amides is 1. The van der Waals surface area contributed by atoms with Crippen molar-refractivity contribution in [1.29, 1.82) is 5.53 Å². The van der Waals surface area contributed by atoms with Crippen molar-refractivity contribution < 1.29 is 19.0 Å². The van der Waals surface area contributed by atoms with Crippen molar-refractivity contribution in [2.75, 3.05) is 46.2 Å². The lowest BCUT2D eigenvalue weighted by Crippen LogP contribution is -2.15. The minimum absolute atomic E-state index is 0.236. The molecule has 0 aromatic carbocycles. The largest absolute Gasteiger partial charge is 0.379 e. The van der Waals surface area contributed by atoms with E-state index in [2.05, 4.69) is 5.11 Å². The normalized spacial score (nSPS) is 10.2. The molecule has 0 fully saturated rings. The summed E-state index contributed by atoms with van der Waals surface area (Å²) in [6, 6.07) is 0. The lowest BCUT2D eigenvalue weighted by atomic mass is 10.4. The van der Waals surface area contributed by atoms with E-state index in [-0.39, 0.29) is 12.3 Å². The molecule has 0 aliphatic heterocycles. The van der Waals surface area contributed by atoms with E-state index in [0.29, 0.717) is 46.2 Å². The molecule has 0 radical (unpaired) electrons. The predicted octanol–water partition coefficient (Wildman–Crippen LogP) is -0.0574. The highest BCUT2D eigenvalue weighted by molar-refractivity contribution is 5.73. The van der Waals surface area contributed by atoms with Gasteiger partial charge in [-0.25, -0.2) is 5.53 Å². The van der Waals surface area contributed by atoms with Gasteiger partial charge in [-0.3, -0.25) is 4.79 Å². The minimum atomic E-state index is -0.367. The Labute approximate surface area is 94.7 Å². The van der Waals surface area contributed by atoms with Gasteiger partial charge in [0.1, 0.15) is 0 Å². The molecule has 0 atom stereocenters. The number of carbonyl (C=O) groups excluding carboxylic acids is 1. The van der Waals surface area contributed by atoms with Gasteiger partial charge in [0, 0.05) is 6.42 Å². The van der Waals surface area contributed by atoms with Crippen LogP contribution in [0.15, 0.2) is 5.11 Å². The Morgan fingerprint density at radius 1 is 1.00 bits per heavy atom. The molecule has 16 heavy (non-hydrogen) atoms. The number of carbonyl (C=O) groups is 1. The first-order valence-electron chi connectivity index (χ1n) is 5.12. The van der Waals surface area contributed by atoms with Crippen molar-refractivity contribution >= 4 is 5.91 Å². The van der Waals surface area contributed by atoms with Crippen LogP contribution in [0.4, 0.5) is 0 Å². The summed E-state index contributed by atoms with van der Waals surface area (Å²) >= 11 is 0. The molecule has 0 bridgehead atoms. The second-order valence-corrected chi connectivity index (χ2v) is 2.94. The van der Waals surface area contributed by atoms with Gasteiger partial charge < -0.3 is 19.9 Å². The molecule has 3 N–H and O–H groups in total. The Balaban J connectivity index is 2.93. The highest BCUT2D eigenvalue weighted by atomic mass is 16.5. The smallest absolute Gasteiger partial charge is 0.219 e. The molecule has 0 aromatic rings. The highest BCUT2D eigenvalue weighted by Gasteiger charge is 1.94. The van der Waals surface area contributed by atoms with Crippen LogP contribution in [0.1, 0.15) is 6.42 Å². The van der Waals surface area contributed by atoms with Crippen molar-refractivity contribution in [2.45, 2.75) is 6.42 Å². The molecule has 0 aromatic heterocycles. The second-order valence-electron chi connectivity index (χ2n) is 2.94. The molecule has 0 saturated carbocycles. The zero-order valence-corrected chi connectivity index (χ0v) is 9.31. The van der Waals surface area contributed by atoms with Gasteiger partial charge in [0.05, 0.1) is 46.2 Å². The first-order chi connectivity index (χ1) is 7.77. The molecular weight excluding hydrogens is 214 g/mol. The maximum Gasteiger partial charge on any atom is 0.219 e. The topological polar surface area (TPSA) is 107 Å². The summed E-state index contributed by atoms with van der Waals surface area (Å²) in [4.78, 5) is 10.3. The Kier molecular flexibility index (Phi) is 11.2. The molecule has 0 aliphatic carbocycles. The van der Waals surface area contributed by atoms with Gasteiger partial charge in [0.25, 0.3) is 0 Å². The third-order valence-electron chi connectivity index (χ3n) is 1.58. The van der Waals surface area contributed by atoms with Crippen LogP contribution in [0.2, 0.25) is 0 Å². The maximum atomic E-state index is 10.3. The van der Waals surface area contributed by atoms with Gasteiger partial charge >= 0.3 is 0 Å². The molecule has 7 nitrogen and oxygen atoms in total. The summed E-state index contributed by atoms with van der Waals surface area (Å²) in [5.41, 5.74) is 11.4. The lowest BCUT2D eigenvalue weighted by Gasteiger charge is -2.05. The average molecular weight is 233 g/mol. The molecule has 94 valence electrons. The van der Waals surface area contributed by atoms with Crippen LogP contribution < -0.4 is 5.73 Å². The quantitative estimate of drug-likeness (QED) is 0.363. The summed E-state index contributed by atoms with van der Waals surface area (Å²) in [7, 11) is 0. The fourth-order valence-corrected chi connectivity index (χ4v) is 0.825. The van der Waals surface area contributed by atoms with Gasteiger partial charge in [-0.15, -0.1) is 0 Å². The number of primary amides is 1. The standard InChI is InChI=1S/C9H19N3O4/c10-9(13)1-3-14-5-7-16-8-6-15-4-2-12-11/h11H,1-8H2,(H2,10,13). The fourth-order valence-electron chi connectivity index (χ4n) is 0.825. The van der Waals surface area contributed by atoms with Crippen molar-refractivity contribution in [3.05, 3.63) is 0 Å². The number of ether oxygens (including phenoxy) is 3. The zero-order chi connectivity index (χ0) is 12.1. The van der Waals surface area contributed by atoms with Crippen LogP contribution in [0, 0.1) is 5.53 Å². The molecule has 0 rings (SSSR count). The maximum absolute atomic E-state index is 10.3. The summed E-state index contributed by atoms with van der Waals surface area (Å²) in [6.45, 7) is 3.03. The van der Waals surface area contributed by atoms with E-state index in [0.717, 1.165) is 0 Å². The summed E-state index contributed by atoms with van der Waals surface area (Å²) < 4.78 is 15.4. The van der Waals surface area contributed by atoms with Gasteiger partial charge in [-0.1, -0.05) is 0 Å².